The predicted octanol–water partition coefficient (Wildman–Crippen LogP) is 5.11. The topological polar surface area (TPSA) is 80.6 Å². The molecule has 3 aromatic carbocycles. The molecule has 0 saturated heterocycles. The van der Waals surface area contributed by atoms with Crippen LogP contribution in [0.1, 0.15) is 20.7 Å². The summed E-state index contributed by atoms with van der Waals surface area (Å²) in [6.45, 7) is 0.922. The zero-order chi connectivity index (χ0) is 23.4. The van der Waals surface area contributed by atoms with Crippen LogP contribution in [-0.2, 0) is 4.74 Å². The lowest BCUT2D eigenvalue weighted by molar-refractivity contribution is 0.0935. The maximum absolute atomic E-state index is 12.8. The van der Waals surface area contributed by atoms with Gasteiger partial charge in [0.2, 0.25) is 0 Å². The summed E-state index contributed by atoms with van der Waals surface area (Å²) < 4.78 is 12.2. The summed E-state index contributed by atoms with van der Waals surface area (Å²) in [5, 5.41) is 6.28. The summed E-state index contributed by atoms with van der Waals surface area (Å²) in [5.74, 6) is 0.191. The Kier molecular flexibility index (Phi) is 7.10. The molecule has 0 fully saturated rings. The van der Waals surface area contributed by atoms with Crippen molar-refractivity contribution in [1.82, 2.24) is 10.6 Å². The lowest BCUT2D eigenvalue weighted by atomic mass is 9.99. The van der Waals surface area contributed by atoms with E-state index in [1.807, 2.05) is 54.6 Å². The minimum absolute atomic E-state index is 0.145. The maximum atomic E-state index is 12.8. The van der Waals surface area contributed by atoms with Crippen LogP contribution in [0.5, 0.6) is 0 Å². The lowest BCUT2D eigenvalue weighted by Gasteiger charge is -2.07. The SMILES string of the molecule is CNC(=O)c1c(-c2ccc(I)cc2)oc2ccc(-c3ccc(C(=O)NCCOC)cc3)cc12. The van der Waals surface area contributed by atoms with Gasteiger partial charge in [-0.15, -0.1) is 0 Å². The monoisotopic (exact) mass is 554 g/mol. The molecular weight excluding hydrogens is 531 g/mol. The third-order valence-electron chi connectivity index (χ3n) is 5.32. The van der Waals surface area contributed by atoms with Gasteiger partial charge in [0, 0.05) is 40.8 Å². The first-order chi connectivity index (χ1) is 16.0. The van der Waals surface area contributed by atoms with Crippen LogP contribution in [0.15, 0.2) is 71.1 Å². The molecule has 0 atom stereocenters. The Bertz CT molecular complexity index is 1290. The molecule has 4 aromatic rings. The standard InChI is InChI=1S/C26H23IN2O4/c1-28-26(31)23-21-15-19(16-3-5-18(6-4-16)25(30)29-13-14-32-2)9-12-22(21)33-24(23)17-7-10-20(27)11-8-17/h3-12,15H,13-14H2,1-2H3,(H,28,31)(H,29,30). The van der Waals surface area contributed by atoms with E-state index in [1.165, 1.54) is 0 Å². The number of halogens is 1. The second-order valence-electron chi connectivity index (χ2n) is 7.43. The van der Waals surface area contributed by atoms with Crippen molar-refractivity contribution < 1.29 is 18.7 Å². The molecular formula is C26H23IN2O4. The molecule has 33 heavy (non-hydrogen) atoms. The molecule has 0 aliphatic heterocycles. The highest BCUT2D eigenvalue weighted by Gasteiger charge is 2.22. The molecule has 1 heterocycles. The largest absolute Gasteiger partial charge is 0.455 e. The first-order valence-corrected chi connectivity index (χ1v) is 11.5. The van der Waals surface area contributed by atoms with Gasteiger partial charge in [-0.25, -0.2) is 0 Å². The molecule has 0 bridgehead atoms. The highest BCUT2D eigenvalue weighted by atomic mass is 127. The number of amides is 2. The van der Waals surface area contributed by atoms with Crippen molar-refractivity contribution in [1.29, 1.82) is 0 Å². The molecule has 0 saturated carbocycles. The molecule has 6 nitrogen and oxygen atoms in total. The summed E-state index contributed by atoms with van der Waals surface area (Å²) in [4.78, 5) is 25.0. The van der Waals surface area contributed by atoms with Crippen molar-refractivity contribution in [3.8, 4) is 22.5 Å². The highest BCUT2D eigenvalue weighted by Crippen LogP contribution is 2.36. The Balaban J connectivity index is 1.71. The third kappa shape index (κ3) is 4.94. The van der Waals surface area contributed by atoms with Gasteiger partial charge in [-0.1, -0.05) is 30.3 Å². The number of rotatable bonds is 7. The van der Waals surface area contributed by atoms with Crippen molar-refractivity contribution in [2.24, 2.45) is 0 Å². The summed E-state index contributed by atoms with van der Waals surface area (Å²) >= 11 is 2.24. The Hall–Kier alpha value is -3.17. The van der Waals surface area contributed by atoms with E-state index in [2.05, 4.69) is 33.2 Å². The zero-order valence-electron chi connectivity index (χ0n) is 18.3. The Morgan fingerprint density at radius 3 is 2.24 bits per heavy atom. The molecule has 0 spiro atoms. The van der Waals surface area contributed by atoms with Crippen molar-refractivity contribution in [2.45, 2.75) is 0 Å². The van der Waals surface area contributed by atoms with Gasteiger partial charge in [-0.05, 0) is 70.1 Å². The Morgan fingerprint density at radius 2 is 1.58 bits per heavy atom. The fourth-order valence-corrected chi connectivity index (χ4v) is 3.97. The number of methoxy groups -OCH3 is 1. The van der Waals surface area contributed by atoms with E-state index in [9.17, 15) is 9.59 Å². The normalized spacial score (nSPS) is 10.9. The molecule has 0 unspecified atom stereocenters. The van der Waals surface area contributed by atoms with Gasteiger partial charge < -0.3 is 19.8 Å². The van der Waals surface area contributed by atoms with E-state index in [0.717, 1.165) is 25.6 Å². The molecule has 1 aromatic heterocycles. The van der Waals surface area contributed by atoms with Crippen LogP contribution in [-0.4, -0.2) is 39.1 Å². The van der Waals surface area contributed by atoms with Crippen LogP contribution in [0.4, 0.5) is 0 Å². The molecule has 0 aliphatic carbocycles. The minimum Gasteiger partial charge on any atom is -0.455 e. The van der Waals surface area contributed by atoms with Crippen molar-refractivity contribution in [3.05, 3.63) is 81.4 Å². The number of ether oxygens (including phenoxy) is 1. The van der Waals surface area contributed by atoms with Crippen LogP contribution < -0.4 is 10.6 Å². The number of hydrogen-bond donors (Lipinski definition) is 2. The Morgan fingerprint density at radius 1 is 0.909 bits per heavy atom. The highest BCUT2D eigenvalue weighted by molar-refractivity contribution is 14.1. The molecule has 0 radical (unpaired) electrons. The second-order valence-corrected chi connectivity index (χ2v) is 8.67. The van der Waals surface area contributed by atoms with E-state index < -0.39 is 0 Å². The maximum Gasteiger partial charge on any atom is 0.255 e. The summed E-state index contributed by atoms with van der Waals surface area (Å²) in [6, 6.07) is 21.0. The number of carbonyl (C=O) groups is 2. The molecule has 7 heteroatoms. The molecule has 2 N–H and O–H groups in total. The molecule has 4 rings (SSSR count). The molecule has 2 amide bonds. The van der Waals surface area contributed by atoms with Crippen LogP contribution in [0, 0.1) is 3.57 Å². The lowest BCUT2D eigenvalue weighted by Crippen LogP contribution is -2.26. The minimum atomic E-state index is -0.206. The van der Waals surface area contributed by atoms with Crippen molar-refractivity contribution in [2.75, 3.05) is 27.3 Å². The summed E-state index contributed by atoms with van der Waals surface area (Å²) in [5.41, 5.74) is 4.42. The van der Waals surface area contributed by atoms with Crippen molar-refractivity contribution in [3.63, 3.8) is 0 Å². The van der Waals surface area contributed by atoms with Crippen molar-refractivity contribution >= 4 is 45.4 Å². The second kappa shape index (κ2) is 10.2. The van der Waals surface area contributed by atoms with Gasteiger partial charge >= 0.3 is 0 Å². The number of furan rings is 1. The molecule has 168 valence electrons. The summed E-state index contributed by atoms with van der Waals surface area (Å²) in [6.07, 6.45) is 0. The van der Waals surface area contributed by atoms with Gasteiger partial charge in [0.25, 0.3) is 11.8 Å². The fourth-order valence-electron chi connectivity index (χ4n) is 3.61. The number of nitrogens with one attached hydrogen (secondary N) is 2. The predicted molar refractivity (Wildman–Crippen MR) is 137 cm³/mol. The third-order valence-corrected chi connectivity index (χ3v) is 6.04. The molecule has 0 aliphatic rings. The first kappa shape index (κ1) is 23.0. The van der Waals surface area contributed by atoms with E-state index in [-0.39, 0.29) is 11.8 Å². The average Bonchev–Trinajstić information content (AvgIpc) is 3.23. The Labute approximate surface area is 205 Å². The van der Waals surface area contributed by atoms with E-state index in [1.54, 1.807) is 26.3 Å². The van der Waals surface area contributed by atoms with E-state index >= 15 is 0 Å². The van der Waals surface area contributed by atoms with Crippen LogP contribution in [0.2, 0.25) is 0 Å². The number of carbonyl (C=O) groups excluding carboxylic acids is 2. The van der Waals surface area contributed by atoms with Gasteiger partial charge in [-0.3, -0.25) is 9.59 Å². The summed E-state index contributed by atoms with van der Waals surface area (Å²) in [7, 11) is 3.20. The number of benzene rings is 3. The van der Waals surface area contributed by atoms with Gasteiger partial charge in [0.05, 0.1) is 12.2 Å². The van der Waals surface area contributed by atoms with Crippen LogP contribution in [0.3, 0.4) is 0 Å². The van der Waals surface area contributed by atoms with E-state index in [0.29, 0.717) is 35.6 Å². The van der Waals surface area contributed by atoms with Gasteiger partial charge in [0.15, 0.2) is 0 Å². The number of fused-ring (bicyclic) bond motifs is 1. The number of hydrogen-bond acceptors (Lipinski definition) is 4. The van der Waals surface area contributed by atoms with Crippen LogP contribution in [0.25, 0.3) is 33.4 Å². The van der Waals surface area contributed by atoms with Crippen LogP contribution >= 0.6 is 22.6 Å². The van der Waals surface area contributed by atoms with Gasteiger partial charge in [-0.2, -0.15) is 0 Å². The average molecular weight is 554 g/mol. The quantitative estimate of drug-likeness (QED) is 0.246. The fraction of sp³-hybridized carbons (Fsp3) is 0.154. The van der Waals surface area contributed by atoms with Gasteiger partial charge in [0.1, 0.15) is 11.3 Å². The zero-order valence-corrected chi connectivity index (χ0v) is 20.4. The van der Waals surface area contributed by atoms with E-state index in [4.69, 9.17) is 9.15 Å². The smallest absolute Gasteiger partial charge is 0.255 e. The first-order valence-electron chi connectivity index (χ1n) is 10.4.